The molecule has 0 aromatic carbocycles. The predicted octanol–water partition coefficient (Wildman–Crippen LogP) is -3.67. The predicted molar refractivity (Wildman–Crippen MR) is 59.6 cm³/mol. The van der Waals surface area contributed by atoms with Gasteiger partial charge in [0, 0.05) is 0 Å². The van der Waals surface area contributed by atoms with Gasteiger partial charge in [-0.2, -0.15) is 8.42 Å². The number of hydrogen-bond acceptors (Lipinski definition) is 7. The molecule has 1 rings (SSSR count). The first-order valence-electron chi connectivity index (χ1n) is 4.71. The average molecular weight is 317 g/mol. The number of hydrogen-bond donors (Lipinski definition) is 4. The molecule has 0 spiro atoms. The van der Waals surface area contributed by atoms with E-state index in [-0.39, 0.29) is 4.31 Å². The van der Waals surface area contributed by atoms with Gasteiger partial charge < -0.3 is 10.8 Å². The zero-order chi connectivity index (χ0) is 15.0. The Bertz CT molecular complexity index is 596. The molecule has 0 aromatic rings. The van der Waals surface area contributed by atoms with E-state index in [4.69, 9.17) is 15.4 Å². The molecule has 11 nitrogen and oxygen atoms in total. The molecule has 1 amide bonds. The first kappa shape index (κ1) is 15.8. The quantitative estimate of drug-likeness (QED) is 0.283. The summed E-state index contributed by atoms with van der Waals surface area (Å²) in [6, 6.07) is -3.04. The van der Waals surface area contributed by atoms with Gasteiger partial charge >= 0.3 is 16.3 Å². The molecule has 1 aliphatic rings. The molecule has 0 aromatic heterocycles. The number of aliphatic carboxylic acids is 1. The Morgan fingerprint density at radius 1 is 1.47 bits per heavy atom. The van der Waals surface area contributed by atoms with Crippen molar-refractivity contribution in [2.45, 2.75) is 12.1 Å². The highest BCUT2D eigenvalue weighted by Crippen LogP contribution is 2.15. The second kappa shape index (κ2) is 5.01. The Kier molecular flexibility index (Phi) is 4.16. The summed E-state index contributed by atoms with van der Waals surface area (Å²) < 4.78 is 54.4. The van der Waals surface area contributed by atoms with Crippen molar-refractivity contribution >= 4 is 32.2 Å². The number of carboxylic acid groups (broad SMARTS) is 1. The fourth-order valence-corrected chi connectivity index (χ4v) is 3.28. The number of amides is 1. The minimum Gasteiger partial charge on any atom is -0.480 e. The van der Waals surface area contributed by atoms with Crippen LogP contribution in [-0.4, -0.2) is 67.1 Å². The summed E-state index contributed by atoms with van der Waals surface area (Å²) in [5.41, 5.74) is 5.02. The van der Waals surface area contributed by atoms with Crippen molar-refractivity contribution in [3.63, 3.8) is 0 Å². The lowest BCUT2D eigenvalue weighted by atomic mass is 10.2. The van der Waals surface area contributed by atoms with Crippen molar-refractivity contribution in [3.8, 4) is 0 Å². The minimum absolute atomic E-state index is 0.0668. The van der Waals surface area contributed by atoms with Crippen molar-refractivity contribution in [2.75, 3.05) is 12.3 Å². The molecule has 2 unspecified atom stereocenters. The summed E-state index contributed by atoms with van der Waals surface area (Å²) in [5.74, 6) is -3.65. The summed E-state index contributed by atoms with van der Waals surface area (Å²) in [5, 5.41) is 8.45. The zero-order valence-corrected chi connectivity index (χ0v) is 10.9. The molecule has 0 bridgehead atoms. The monoisotopic (exact) mass is 317 g/mol. The Morgan fingerprint density at radius 2 is 2.00 bits per heavy atom. The molecule has 1 saturated heterocycles. The van der Waals surface area contributed by atoms with Crippen LogP contribution in [0.5, 0.6) is 0 Å². The fraction of sp³-hybridized carbons (Fsp3) is 0.667. The Morgan fingerprint density at radius 3 is 2.37 bits per heavy atom. The zero-order valence-electron chi connectivity index (χ0n) is 9.25. The molecule has 110 valence electrons. The van der Waals surface area contributed by atoms with Crippen LogP contribution in [0.25, 0.3) is 0 Å². The van der Waals surface area contributed by atoms with Crippen LogP contribution < -0.4 is 10.5 Å². The number of carbonyl (C=O) groups is 2. The maximum Gasteiger partial charge on any atom is 0.362 e. The molecule has 5 N–H and O–H groups in total. The van der Waals surface area contributed by atoms with Gasteiger partial charge in [0.1, 0.15) is 12.1 Å². The van der Waals surface area contributed by atoms with Crippen LogP contribution in [-0.2, 0) is 29.9 Å². The van der Waals surface area contributed by atoms with E-state index in [2.05, 4.69) is 0 Å². The van der Waals surface area contributed by atoms with Crippen LogP contribution in [0.4, 0.5) is 0 Å². The van der Waals surface area contributed by atoms with Crippen molar-refractivity contribution in [3.05, 3.63) is 0 Å². The third kappa shape index (κ3) is 3.84. The van der Waals surface area contributed by atoms with Gasteiger partial charge in [0.2, 0.25) is 10.0 Å². The topological polar surface area (TPSA) is 184 Å². The van der Waals surface area contributed by atoms with Gasteiger partial charge in [-0.05, 0) is 0 Å². The van der Waals surface area contributed by atoms with Crippen molar-refractivity contribution < 1.29 is 36.1 Å². The van der Waals surface area contributed by atoms with Gasteiger partial charge in [-0.25, -0.2) is 17.4 Å². The maximum absolute atomic E-state index is 11.4. The number of sulfonamides is 1. The molecule has 0 radical (unpaired) electrons. The number of rotatable bonds is 6. The molecule has 0 aliphatic carbocycles. The number of nitrogens with one attached hydrogen (secondary N) is 1. The normalized spacial score (nSPS) is 21.9. The second-order valence-electron chi connectivity index (χ2n) is 3.74. The number of β-lactam (4-membered cyclic amide) rings is 1. The molecular formula is C6H11N3O8S2. The average Bonchev–Trinajstić information content (AvgIpc) is 2.20. The van der Waals surface area contributed by atoms with Crippen molar-refractivity contribution in [2.24, 2.45) is 5.73 Å². The van der Waals surface area contributed by atoms with Gasteiger partial charge in [0.05, 0.1) is 12.3 Å². The molecule has 1 heterocycles. The van der Waals surface area contributed by atoms with E-state index >= 15 is 0 Å². The van der Waals surface area contributed by atoms with E-state index in [1.54, 1.807) is 4.72 Å². The Balaban J connectivity index is 2.64. The van der Waals surface area contributed by atoms with E-state index in [1.165, 1.54) is 0 Å². The summed E-state index contributed by atoms with van der Waals surface area (Å²) in [7, 11) is -8.88. The summed E-state index contributed by atoms with van der Waals surface area (Å²) in [6.45, 7) is -0.570. The number of nitrogens with two attached hydrogens (primary N) is 1. The molecule has 1 fully saturated rings. The van der Waals surface area contributed by atoms with Crippen LogP contribution in [0.15, 0.2) is 0 Å². The van der Waals surface area contributed by atoms with Crippen LogP contribution in [0.2, 0.25) is 0 Å². The third-order valence-corrected chi connectivity index (χ3v) is 4.54. The highest BCUT2D eigenvalue weighted by molar-refractivity contribution is 7.89. The lowest BCUT2D eigenvalue weighted by molar-refractivity contribution is -0.138. The lowest BCUT2D eigenvalue weighted by Crippen LogP contribution is -2.65. The minimum atomic E-state index is -4.71. The highest BCUT2D eigenvalue weighted by Gasteiger charge is 2.45. The first-order chi connectivity index (χ1) is 8.44. The van der Waals surface area contributed by atoms with Gasteiger partial charge in [0.15, 0.2) is 0 Å². The van der Waals surface area contributed by atoms with Gasteiger partial charge in [-0.15, -0.1) is 0 Å². The SMILES string of the molecule is NC(CS(=O)(=O)NC1CN(S(=O)(=O)O)C1=O)C(=O)O. The smallest absolute Gasteiger partial charge is 0.362 e. The van der Waals surface area contributed by atoms with Crippen LogP contribution in [0.3, 0.4) is 0 Å². The Hall–Kier alpha value is -1.28. The number of nitrogens with zero attached hydrogens (tertiary/aromatic N) is 1. The third-order valence-electron chi connectivity index (χ3n) is 2.21. The van der Waals surface area contributed by atoms with E-state index in [0.29, 0.717) is 0 Å². The van der Waals surface area contributed by atoms with Gasteiger partial charge in [-0.3, -0.25) is 14.1 Å². The van der Waals surface area contributed by atoms with Crippen molar-refractivity contribution in [1.82, 2.24) is 9.03 Å². The summed E-state index contributed by atoms with van der Waals surface area (Å²) in [6.07, 6.45) is 0. The largest absolute Gasteiger partial charge is 0.480 e. The fourth-order valence-electron chi connectivity index (χ4n) is 1.26. The Labute approximate surface area is 108 Å². The van der Waals surface area contributed by atoms with E-state index in [9.17, 15) is 26.4 Å². The van der Waals surface area contributed by atoms with Crippen LogP contribution >= 0.6 is 0 Å². The van der Waals surface area contributed by atoms with Crippen LogP contribution in [0, 0.1) is 0 Å². The van der Waals surface area contributed by atoms with Crippen molar-refractivity contribution in [1.29, 1.82) is 0 Å². The lowest BCUT2D eigenvalue weighted by Gasteiger charge is -2.35. The molecule has 2 atom stereocenters. The maximum atomic E-state index is 11.4. The summed E-state index contributed by atoms with van der Waals surface area (Å²) >= 11 is 0. The van der Waals surface area contributed by atoms with E-state index in [0.717, 1.165) is 0 Å². The standard InChI is InChI=1S/C6H11N3O8S2/c7-3(6(11)12)2-18(13,14)8-4-1-9(5(4)10)19(15,16)17/h3-4,8H,1-2,7H2,(H,11,12)(H,15,16,17). The second-order valence-corrected chi connectivity index (χ2v) is 6.88. The number of carbonyl (C=O) groups excluding carboxylic acids is 1. The molecule has 13 heteroatoms. The van der Waals surface area contributed by atoms with Gasteiger partial charge in [0.25, 0.3) is 5.91 Å². The molecule has 1 aliphatic heterocycles. The first-order valence-corrected chi connectivity index (χ1v) is 7.76. The molecule has 19 heavy (non-hydrogen) atoms. The molecular weight excluding hydrogens is 306 g/mol. The van der Waals surface area contributed by atoms with Crippen LogP contribution in [0.1, 0.15) is 0 Å². The summed E-state index contributed by atoms with van der Waals surface area (Å²) in [4.78, 5) is 21.6. The number of carboxylic acids is 1. The highest BCUT2D eigenvalue weighted by atomic mass is 32.2. The van der Waals surface area contributed by atoms with E-state index in [1.807, 2.05) is 0 Å². The van der Waals surface area contributed by atoms with E-state index < -0.39 is 56.6 Å². The molecule has 0 saturated carbocycles. The van der Waals surface area contributed by atoms with Gasteiger partial charge in [-0.1, -0.05) is 0 Å².